The van der Waals surface area contributed by atoms with Gasteiger partial charge in [-0.2, -0.15) is 0 Å². The molecule has 2 aromatic heterocycles. The van der Waals surface area contributed by atoms with Crippen molar-refractivity contribution in [3.8, 4) is 0 Å². The second-order valence-corrected chi connectivity index (χ2v) is 6.24. The average molecular weight is 300 g/mol. The number of fused-ring (bicyclic) bond motifs is 1. The molecule has 0 spiro atoms. The number of rotatable bonds is 3. The van der Waals surface area contributed by atoms with Crippen LogP contribution in [0.2, 0.25) is 0 Å². The van der Waals surface area contributed by atoms with Gasteiger partial charge in [-0.25, -0.2) is 4.98 Å². The van der Waals surface area contributed by atoms with Crippen LogP contribution < -0.4 is 10.2 Å². The third-order valence-electron chi connectivity index (χ3n) is 4.57. The van der Waals surface area contributed by atoms with Gasteiger partial charge in [-0.15, -0.1) is 10.2 Å². The molecule has 1 amide bonds. The average Bonchev–Trinajstić information content (AvgIpc) is 3.32. The summed E-state index contributed by atoms with van der Waals surface area (Å²) in [6, 6.07) is 0.295. The first-order chi connectivity index (χ1) is 10.7. The lowest BCUT2D eigenvalue weighted by molar-refractivity contribution is -0.123. The molecule has 1 saturated heterocycles. The smallest absolute Gasteiger partial charge is 0.223 e. The third kappa shape index (κ3) is 2.40. The SMILES string of the molecule is Cc1nnc2c(N3CCC(NC(=O)C4CC4)CC3)nccn12. The summed E-state index contributed by atoms with van der Waals surface area (Å²) in [5, 5.41) is 11.5. The normalized spacial score (nSPS) is 19.6. The Bertz CT molecular complexity index is 699. The Hall–Kier alpha value is -2.18. The summed E-state index contributed by atoms with van der Waals surface area (Å²) >= 11 is 0. The van der Waals surface area contributed by atoms with E-state index in [1.54, 1.807) is 6.20 Å². The van der Waals surface area contributed by atoms with Gasteiger partial charge in [0.05, 0.1) is 0 Å². The highest BCUT2D eigenvalue weighted by Crippen LogP contribution is 2.29. The monoisotopic (exact) mass is 300 g/mol. The van der Waals surface area contributed by atoms with Crippen molar-refractivity contribution in [2.75, 3.05) is 18.0 Å². The molecule has 1 aliphatic carbocycles. The van der Waals surface area contributed by atoms with Gasteiger partial charge in [-0.05, 0) is 32.6 Å². The van der Waals surface area contributed by atoms with Crippen molar-refractivity contribution < 1.29 is 4.79 Å². The van der Waals surface area contributed by atoms with Crippen LogP contribution in [0.1, 0.15) is 31.5 Å². The fourth-order valence-corrected chi connectivity index (χ4v) is 3.05. The summed E-state index contributed by atoms with van der Waals surface area (Å²) in [5.41, 5.74) is 0.806. The van der Waals surface area contributed by atoms with Crippen LogP contribution in [0.3, 0.4) is 0 Å². The second-order valence-electron chi connectivity index (χ2n) is 6.24. The van der Waals surface area contributed by atoms with Crippen LogP contribution >= 0.6 is 0 Å². The van der Waals surface area contributed by atoms with E-state index in [2.05, 4.69) is 25.4 Å². The van der Waals surface area contributed by atoms with E-state index in [0.717, 1.165) is 56.1 Å². The summed E-state index contributed by atoms with van der Waals surface area (Å²) in [4.78, 5) is 18.6. The Morgan fingerprint density at radius 1 is 1.23 bits per heavy atom. The number of aromatic nitrogens is 4. The van der Waals surface area contributed by atoms with Gasteiger partial charge in [0.25, 0.3) is 0 Å². The van der Waals surface area contributed by atoms with Crippen molar-refractivity contribution in [3.05, 3.63) is 18.2 Å². The van der Waals surface area contributed by atoms with Crippen molar-refractivity contribution in [3.63, 3.8) is 0 Å². The molecule has 2 fully saturated rings. The van der Waals surface area contributed by atoms with Gasteiger partial charge < -0.3 is 10.2 Å². The van der Waals surface area contributed by atoms with E-state index >= 15 is 0 Å². The number of aryl methyl sites for hydroxylation is 1. The van der Waals surface area contributed by atoms with Gasteiger partial charge in [-0.1, -0.05) is 0 Å². The second kappa shape index (κ2) is 5.23. The third-order valence-corrected chi connectivity index (χ3v) is 4.57. The molecule has 0 radical (unpaired) electrons. The lowest BCUT2D eigenvalue weighted by Crippen LogP contribution is -2.45. The molecule has 1 aliphatic heterocycles. The van der Waals surface area contributed by atoms with E-state index < -0.39 is 0 Å². The summed E-state index contributed by atoms with van der Waals surface area (Å²) in [6.45, 7) is 3.70. The zero-order chi connectivity index (χ0) is 15.1. The fourth-order valence-electron chi connectivity index (χ4n) is 3.05. The maximum absolute atomic E-state index is 11.8. The van der Waals surface area contributed by atoms with Gasteiger partial charge >= 0.3 is 0 Å². The minimum atomic E-state index is 0.242. The first-order valence-electron chi connectivity index (χ1n) is 7.94. The molecule has 3 heterocycles. The number of hydrogen-bond acceptors (Lipinski definition) is 5. The summed E-state index contributed by atoms with van der Waals surface area (Å²) < 4.78 is 1.96. The summed E-state index contributed by atoms with van der Waals surface area (Å²) in [7, 11) is 0. The molecule has 4 rings (SSSR count). The maximum atomic E-state index is 11.8. The number of piperidine rings is 1. The van der Waals surface area contributed by atoms with Gasteiger partial charge in [0.2, 0.25) is 11.6 Å². The number of anilines is 1. The molecule has 0 unspecified atom stereocenters. The molecule has 0 aromatic carbocycles. The molecule has 0 atom stereocenters. The van der Waals surface area contributed by atoms with Crippen LogP contribution in [0.25, 0.3) is 5.65 Å². The van der Waals surface area contributed by atoms with Crippen molar-refractivity contribution >= 4 is 17.4 Å². The number of amides is 1. The molecule has 2 aromatic rings. The largest absolute Gasteiger partial charge is 0.353 e. The van der Waals surface area contributed by atoms with Crippen molar-refractivity contribution in [1.82, 2.24) is 24.9 Å². The van der Waals surface area contributed by atoms with Crippen LogP contribution in [0.5, 0.6) is 0 Å². The van der Waals surface area contributed by atoms with Gasteiger partial charge in [0.1, 0.15) is 5.82 Å². The molecule has 2 aliphatic rings. The molecule has 7 nitrogen and oxygen atoms in total. The summed E-state index contributed by atoms with van der Waals surface area (Å²) in [6.07, 6.45) is 7.70. The highest BCUT2D eigenvalue weighted by Gasteiger charge is 2.32. The lowest BCUT2D eigenvalue weighted by atomic mass is 10.0. The highest BCUT2D eigenvalue weighted by atomic mass is 16.2. The molecule has 22 heavy (non-hydrogen) atoms. The fraction of sp³-hybridized carbons (Fsp3) is 0.600. The van der Waals surface area contributed by atoms with Crippen LogP contribution in [-0.4, -0.2) is 44.6 Å². The first kappa shape index (κ1) is 13.5. The molecule has 1 saturated carbocycles. The predicted molar refractivity (Wildman–Crippen MR) is 81.6 cm³/mol. The number of nitrogens with zero attached hydrogens (tertiary/aromatic N) is 5. The van der Waals surface area contributed by atoms with Crippen LogP contribution in [0, 0.1) is 12.8 Å². The first-order valence-corrected chi connectivity index (χ1v) is 7.94. The Morgan fingerprint density at radius 2 is 2.00 bits per heavy atom. The van der Waals surface area contributed by atoms with Crippen molar-refractivity contribution in [1.29, 1.82) is 0 Å². The van der Waals surface area contributed by atoms with Crippen molar-refractivity contribution in [2.24, 2.45) is 5.92 Å². The van der Waals surface area contributed by atoms with Crippen LogP contribution in [0.15, 0.2) is 12.4 Å². The van der Waals surface area contributed by atoms with E-state index in [0.29, 0.717) is 6.04 Å². The minimum absolute atomic E-state index is 0.242. The Labute approximate surface area is 128 Å². The van der Waals surface area contributed by atoms with E-state index in [1.165, 1.54) is 0 Å². The topological polar surface area (TPSA) is 75.4 Å². The number of carbonyl (C=O) groups excluding carboxylic acids is 1. The van der Waals surface area contributed by atoms with Crippen LogP contribution in [-0.2, 0) is 4.79 Å². The zero-order valence-corrected chi connectivity index (χ0v) is 12.7. The maximum Gasteiger partial charge on any atom is 0.223 e. The van der Waals surface area contributed by atoms with Gasteiger partial charge in [-0.3, -0.25) is 9.20 Å². The Kier molecular flexibility index (Phi) is 3.20. The molecule has 1 N–H and O–H groups in total. The Balaban J connectivity index is 1.45. The quantitative estimate of drug-likeness (QED) is 0.912. The number of hydrogen-bond donors (Lipinski definition) is 1. The molecule has 7 heteroatoms. The Morgan fingerprint density at radius 3 is 2.73 bits per heavy atom. The molecule has 0 bridgehead atoms. The predicted octanol–water partition coefficient (Wildman–Crippen LogP) is 0.928. The number of nitrogens with one attached hydrogen (secondary N) is 1. The summed E-state index contributed by atoms with van der Waals surface area (Å²) in [5.74, 6) is 2.28. The lowest BCUT2D eigenvalue weighted by Gasteiger charge is -2.33. The van der Waals surface area contributed by atoms with Gasteiger partial charge in [0, 0.05) is 37.4 Å². The standard InChI is InChI=1S/C15H20N6O/c1-10-18-19-14-13(16-6-9-21(10)14)20-7-4-12(5-8-20)17-15(22)11-2-3-11/h6,9,11-12H,2-5,7-8H2,1H3,(H,17,22). The van der Waals surface area contributed by atoms with E-state index in [-0.39, 0.29) is 11.8 Å². The van der Waals surface area contributed by atoms with Crippen molar-refractivity contribution in [2.45, 2.75) is 38.6 Å². The van der Waals surface area contributed by atoms with Gasteiger partial charge in [0.15, 0.2) is 5.82 Å². The minimum Gasteiger partial charge on any atom is -0.353 e. The molecular formula is C15H20N6O. The highest BCUT2D eigenvalue weighted by molar-refractivity contribution is 5.81. The molecular weight excluding hydrogens is 280 g/mol. The van der Waals surface area contributed by atoms with E-state index in [9.17, 15) is 4.79 Å². The molecule has 116 valence electrons. The van der Waals surface area contributed by atoms with E-state index in [4.69, 9.17) is 0 Å². The zero-order valence-electron chi connectivity index (χ0n) is 12.7. The van der Waals surface area contributed by atoms with Crippen LogP contribution in [0.4, 0.5) is 5.82 Å². The van der Waals surface area contributed by atoms with E-state index in [1.807, 2.05) is 17.5 Å². The number of carbonyl (C=O) groups is 1.